The lowest BCUT2D eigenvalue weighted by molar-refractivity contribution is -0.112. The van der Waals surface area contributed by atoms with Gasteiger partial charge in [0.2, 0.25) is 0 Å². The number of amides is 1. The lowest BCUT2D eigenvalue weighted by Crippen LogP contribution is -2.54. The monoisotopic (exact) mass is 132 g/mol. The van der Waals surface area contributed by atoms with Gasteiger partial charge in [0.1, 0.15) is 5.66 Å². The van der Waals surface area contributed by atoms with Gasteiger partial charge in [0.15, 0.2) is 6.29 Å². The van der Waals surface area contributed by atoms with E-state index in [0.29, 0.717) is 6.29 Å². The Morgan fingerprint density at radius 2 is 2.33 bits per heavy atom. The second kappa shape index (κ2) is 2.45. The molecular weight excluding hydrogens is 124 g/mol. The second-order valence-electron chi connectivity index (χ2n) is 1.83. The second-order valence-corrected chi connectivity index (χ2v) is 1.83. The molecule has 0 bridgehead atoms. The third kappa shape index (κ3) is 3.48. The van der Waals surface area contributed by atoms with Crippen molar-refractivity contribution >= 4 is 12.4 Å². The molecule has 9 heavy (non-hydrogen) atoms. The lowest BCUT2D eigenvalue weighted by atomic mass is 10.3. The maximum Gasteiger partial charge on any atom is 0.406 e. The number of aldehydes is 1. The van der Waals surface area contributed by atoms with Crippen molar-refractivity contribution in [2.75, 3.05) is 0 Å². The first-order valence-electron chi connectivity index (χ1n) is 2.24. The highest BCUT2D eigenvalue weighted by Crippen LogP contribution is 1.84. The van der Waals surface area contributed by atoms with Crippen molar-refractivity contribution in [3.63, 3.8) is 0 Å². The standard InChI is InChI=1S/C4H8N2O3/c1-4(5,2-7)6-3(8)9/h2,6H,5H2,1H3,(H,8,9)/t4-/m0/s1. The van der Waals surface area contributed by atoms with Crippen LogP contribution in [0.15, 0.2) is 0 Å². The van der Waals surface area contributed by atoms with E-state index < -0.39 is 11.8 Å². The van der Waals surface area contributed by atoms with Crippen molar-refractivity contribution in [3.8, 4) is 0 Å². The van der Waals surface area contributed by atoms with E-state index in [-0.39, 0.29) is 0 Å². The molecule has 0 saturated heterocycles. The fourth-order valence-electron chi connectivity index (χ4n) is 0.260. The fraction of sp³-hybridized carbons (Fsp3) is 0.500. The smallest absolute Gasteiger partial charge is 0.406 e. The van der Waals surface area contributed by atoms with Crippen LogP contribution in [0.25, 0.3) is 0 Å². The number of hydrogen-bond donors (Lipinski definition) is 3. The van der Waals surface area contributed by atoms with Gasteiger partial charge in [-0.2, -0.15) is 0 Å². The molecule has 0 unspecified atom stereocenters. The maximum atomic E-state index is 9.91. The van der Waals surface area contributed by atoms with Gasteiger partial charge in [-0.05, 0) is 6.92 Å². The largest absolute Gasteiger partial charge is 0.465 e. The third-order valence-electron chi connectivity index (χ3n) is 0.621. The molecule has 0 aromatic rings. The third-order valence-corrected chi connectivity index (χ3v) is 0.621. The maximum absolute atomic E-state index is 9.91. The number of nitrogens with two attached hydrogens (primary N) is 1. The van der Waals surface area contributed by atoms with E-state index in [1.807, 2.05) is 0 Å². The van der Waals surface area contributed by atoms with Crippen LogP contribution in [0.1, 0.15) is 6.92 Å². The predicted molar refractivity (Wildman–Crippen MR) is 29.8 cm³/mol. The number of carbonyl (C=O) groups excluding carboxylic acids is 1. The Bertz CT molecular complexity index is 132. The Kier molecular flexibility index (Phi) is 2.15. The van der Waals surface area contributed by atoms with Gasteiger partial charge in [-0.1, -0.05) is 0 Å². The van der Waals surface area contributed by atoms with E-state index in [0.717, 1.165) is 0 Å². The van der Waals surface area contributed by atoms with Gasteiger partial charge in [0.25, 0.3) is 0 Å². The molecule has 0 aromatic carbocycles. The van der Waals surface area contributed by atoms with Gasteiger partial charge in [-0.25, -0.2) is 4.79 Å². The van der Waals surface area contributed by atoms with Gasteiger partial charge in [-0.3, -0.25) is 10.1 Å². The van der Waals surface area contributed by atoms with Crippen molar-refractivity contribution in [2.24, 2.45) is 5.73 Å². The topological polar surface area (TPSA) is 92.4 Å². The van der Waals surface area contributed by atoms with Crippen LogP contribution >= 0.6 is 0 Å². The van der Waals surface area contributed by atoms with Crippen LogP contribution in [-0.2, 0) is 4.79 Å². The Balaban J connectivity index is 3.86. The van der Waals surface area contributed by atoms with Crippen LogP contribution in [0.4, 0.5) is 4.79 Å². The summed E-state index contributed by atoms with van der Waals surface area (Å²) in [5.74, 6) is 0. The van der Waals surface area contributed by atoms with E-state index in [1.165, 1.54) is 6.92 Å². The molecule has 0 spiro atoms. The normalized spacial score (nSPS) is 15.8. The van der Waals surface area contributed by atoms with Crippen molar-refractivity contribution in [3.05, 3.63) is 0 Å². The Hall–Kier alpha value is -1.10. The molecule has 0 fully saturated rings. The highest BCUT2D eigenvalue weighted by atomic mass is 16.4. The molecule has 52 valence electrons. The highest BCUT2D eigenvalue weighted by Gasteiger charge is 2.18. The van der Waals surface area contributed by atoms with Gasteiger partial charge in [-0.15, -0.1) is 0 Å². The minimum atomic E-state index is -1.47. The molecular formula is C4H8N2O3. The Morgan fingerprint density at radius 1 is 1.89 bits per heavy atom. The zero-order valence-electron chi connectivity index (χ0n) is 4.92. The summed E-state index contributed by atoms with van der Waals surface area (Å²) in [6.45, 7) is 1.26. The highest BCUT2D eigenvalue weighted by molar-refractivity contribution is 5.73. The van der Waals surface area contributed by atoms with E-state index in [4.69, 9.17) is 10.8 Å². The summed E-state index contributed by atoms with van der Waals surface area (Å²) < 4.78 is 0. The van der Waals surface area contributed by atoms with Crippen molar-refractivity contribution in [1.29, 1.82) is 0 Å². The Morgan fingerprint density at radius 3 is 2.44 bits per heavy atom. The van der Waals surface area contributed by atoms with Crippen LogP contribution in [0.3, 0.4) is 0 Å². The molecule has 0 heterocycles. The zero-order chi connectivity index (χ0) is 7.49. The number of hydrogen-bond acceptors (Lipinski definition) is 3. The van der Waals surface area contributed by atoms with E-state index >= 15 is 0 Å². The van der Waals surface area contributed by atoms with Gasteiger partial charge in [0.05, 0.1) is 0 Å². The van der Waals surface area contributed by atoms with E-state index in [9.17, 15) is 9.59 Å². The molecule has 0 aliphatic rings. The molecule has 4 N–H and O–H groups in total. The summed E-state index contributed by atoms with van der Waals surface area (Å²) in [4.78, 5) is 19.7. The average Bonchev–Trinajstić information content (AvgIpc) is 1.63. The van der Waals surface area contributed by atoms with Gasteiger partial charge >= 0.3 is 6.09 Å². The lowest BCUT2D eigenvalue weighted by Gasteiger charge is -2.15. The van der Waals surface area contributed by atoms with Crippen LogP contribution in [0, 0.1) is 0 Å². The molecule has 0 aliphatic heterocycles. The molecule has 1 atom stereocenters. The predicted octanol–water partition coefficient (Wildman–Crippen LogP) is -0.872. The van der Waals surface area contributed by atoms with Gasteiger partial charge < -0.3 is 10.8 Å². The number of nitrogens with one attached hydrogen (secondary N) is 1. The van der Waals surface area contributed by atoms with Crippen molar-refractivity contribution < 1.29 is 14.7 Å². The summed E-state index contributed by atoms with van der Waals surface area (Å²) in [6.07, 6.45) is -0.992. The van der Waals surface area contributed by atoms with Crippen LogP contribution in [0.5, 0.6) is 0 Å². The average molecular weight is 132 g/mol. The fourth-order valence-corrected chi connectivity index (χ4v) is 0.260. The molecule has 5 heteroatoms. The van der Waals surface area contributed by atoms with Crippen LogP contribution in [-0.4, -0.2) is 23.1 Å². The molecule has 0 aliphatic carbocycles. The number of carboxylic acid groups (broad SMARTS) is 1. The summed E-state index contributed by atoms with van der Waals surface area (Å²) in [6, 6.07) is 0. The van der Waals surface area contributed by atoms with Crippen LogP contribution < -0.4 is 11.1 Å². The molecule has 1 amide bonds. The van der Waals surface area contributed by atoms with Crippen molar-refractivity contribution in [1.82, 2.24) is 5.32 Å². The molecule has 5 nitrogen and oxygen atoms in total. The van der Waals surface area contributed by atoms with E-state index in [1.54, 1.807) is 5.32 Å². The number of rotatable bonds is 2. The zero-order valence-corrected chi connectivity index (χ0v) is 4.92. The molecule has 0 saturated carbocycles. The minimum Gasteiger partial charge on any atom is -0.465 e. The van der Waals surface area contributed by atoms with E-state index in [2.05, 4.69) is 0 Å². The Labute approximate surface area is 51.8 Å². The first-order chi connectivity index (χ1) is 3.98. The SMILES string of the molecule is C[C@@](N)(C=O)NC(=O)O. The summed E-state index contributed by atoms with van der Waals surface area (Å²) in [7, 11) is 0. The molecule has 0 rings (SSSR count). The van der Waals surface area contributed by atoms with Crippen molar-refractivity contribution in [2.45, 2.75) is 12.6 Å². The first kappa shape index (κ1) is 7.90. The summed E-state index contributed by atoms with van der Waals surface area (Å²) in [5.41, 5.74) is 3.59. The summed E-state index contributed by atoms with van der Waals surface area (Å²) in [5, 5.41) is 9.83. The molecule has 0 aromatic heterocycles. The summed E-state index contributed by atoms with van der Waals surface area (Å²) >= 11 is 0. The van der Waals surface area contributed by atoms with Crippen LogP contribution in [0.2, 0.25) is 0 Å². The van der Waals surface area contributed by atoms with Gasteiger partial charge in [0, 0.05) is 0 Å². The quantitative estimate of drug-likeness (QED) is 0.336. The first-order valence-corrected chi connectivity index (χ1v) is 2.24. The number of carbonyl (C=O) groups is 2. The minimum absolute atomic E-state index is 0.321. The molecule has 0 radical (unpaired) electrons.